The van der Waals surface area contributed by atoms with E-state index in [0.717, 1.165) is 32.4 Å². The van der Waals surface area contributed by atoms with Crippen LogP contribution in [0.4, 0.5) is 0 Å². The average Bonchev–Trinajstić information content (AvgIpc) is 3.22. The number of nitrogens with two attached hydrogens (primary N) is 2. The lowest BCUT2D eigenvalue weighted by Crippen LogP contribution is -2.58. The molecule has 2 heterocycles. The molecule has 0 saturated carbocycles. The molecule has 0 radical (unpaired) electrons. The second-order valence-electron chi connectivity index (χ2n) is 9.80. The number of methoxy groups -OCH3 is 1. The van der Waals surface area contributed by atoms with Crippen LogP contribution in [0.15, 0.2) is 11.9 Å². The van der Waals surface area contributed by atoms with Crippen LogP contribution in [0.3, 0.4) is 0 Å². The topological polar surface area (TPSA) is 134 Å². The first kappa shape index (κ1) is 25.9. The fraction of sp³-hybridized carbons (Fsp3) is 0.773. The number of amides is 2. The SMILES string of the molecule is CNC(=O)[C@@H]1CCCN1C(=O)[C@@H](N(N)/C=C(\N)CN1CCC(C(=O)OC)CC1)C(C)(C)C. The smallest absolute Gasteiger partial charge is 0.308 e. The fourth-order valence-corrected chi connectivity index (χ4v) is 4.63. The van der Waals surface area contributed by atoms with Crippen LogP contribution >= 0.6 is 0 Å². The molecule has 182 valence electrons. The summed E-state index contributed by atoms with van der Waals surface area (Å²) in [6.07, 6.45) is 4.50. The molecule has 2 aliphatic heterocycles. The number of nitrogens with one attached hydrogen (secondary N) is 1. The number of piperidine rings is 1. The number of likely N-dealkylation sites (tertiary alicyclic amines) is 2. The van der Waals surface area contributed by atoms with Gasteiger partial charge in [-0.3, -0.25) is 19.3 Å². The Morgan fingerprint density at radius 2 is 1.81 bits per heavy atom. The highest BCUT2D eigenvalue weighted by atomic mass is 16.5. The molecule has 32 heavy (non-hydrogen) atoms. The molecule has 2 fully saturated rings. The van der Waals surface area contributed by atoms with Gasteiger partial charge in [0.1, 0.15) is 12.1 Å². The summed E-state index contributed by atoms with van der Waals surface area (Å²) in [5.41, 5.74) is 6.34. The van der Waals surface area contributed by atoms with E-state index in [0.29, 0.717) is 25.2 Å². The maximum Gasteiger partial charge on any atom is 0.308 e. The van der Waals surface area contributed by atoms with E-state index in [2.05, 4.69) is 10.2 Å². The van der Waals surface area contributed by atoms with Gasteiger partial charge in [-0.1, -0.05) is 20.8 Å². The molecule has 0 aromatic heterocycles. The summed E-state index contributed by atoms with van der Waals surface area (Å²) in [5, 5.41) is 4.03. The van der Waals surface area contributed by atoms with Crippen molar-refractivity contribution in [3.63, 3.8) is 0 Å². The summed E-state index contributed by atoms with van der Waals surface area (Å²) in [7, 11) is 2.99. The molecular weight excluding hydrogens is 412 g/mol. The van der Waals surface area contributed by atoms with Gasteiger partial charge in [0.05, 0.1) is 13.0 Å². The van der Waals surface area contributed by atoms with Crippen molar-refractivity contribution in [3.8, 4) is 0 Å². The first-order valence-electron chi connectivity index (χ1n) is 11.3. The molecule has 10 nitrogen and oxygen atoms in total. The standard InChI is InChI=1S/C22H40N6O4/c1-22(2,3)18(20(30)27-10-6-7-17(27)19(29)25-4)28(24)14-16(23)13-26-11-8-15(9-12-26)21(31)32-5/h14-15,17-18H,6-13,23-24H2,1-5H3,(H,25,29)/b16-14-/t17-,18+/m0/s1. The van der Waals surface area contributed by atoms with Crippen LogP contribution in [0, 0.1) is 11.3 Å². The fourth-order valence-electron chi connectivity index (χ4n) is 4.63. The lowest BCUT2D eigenvalue weighted by Gasteiger charge is -2.39. The predicted molar refractivity (Wildman–Crippen MR) is 122 cm³/mol. The number of carbonyl (C=O) groups is 3. The van der Waals surface area contributed by atoms with Crippen molar-refractivity contribution in [1.82, 2.24) is 20.1 Å². The van der Waals surface area contributed by atoms with Crippen molar-refractivity contribution < 1.29 is 19.1 Å². The van der Waals surface area contributed by atoms with Gasteiger partial charge in [0, 0.05) is 32.0 Å². The van der Waals surface area contributed by atoms with Gasteiger partial charge in [-0.05, 0) is 44.2 Å². The maximum absolute atomic E-state index is 13.5. The lowest BCUT2D eigenvalue weighted by molar-refractivity contribution is -0.147. The molecule has 5 N–H and O–H groups in total. The number of hydrazine groups is 1. The summed E-state index contributed by atoms with van der Waals surface area (Å²) in [6.45, 7) is 8.35. The molecule has 0 aromatic rings. The molecule has 2 aliphatic rings. The summed E-state index contributed by atoms with van der Waals surface area (Å²) in [6, 6.07) is -1.14. The Morgan fingerprint density at radius 1 is 1.19 bits per heavy atom. The number of esters is 1. The summed E-state index contributed by atoms with van der Waals surface area (Å²) in [5.74, 6) is 5.81. The normalized spacial score (nSPS) is 21.9. The van der Waals surface area contributed by atoms with E-state index >= 15 is 0 Å². The molecule has 0 aliphatic carbocycles. The Hall–Kier alpha value is -2.33. The van der Waals surface area contributed by atoms with Crippen molar-refractivity contribution in [1.29, 1.82) is 0 Å². The average molecular weight is 453 g/mol. The van der Waals surface area contributed by atoms with Crippen LogP contribution in [0.1, 0.15) is 46.5 Å². The minimum absolute atomic E-state index is 0.0657. The third-order valence-electron chi connectivity index (χ3n) is 6.28. The molecule has 2 amide bonds. The number of carbonyl (C=O) groups excluding carboxylic acids is 3. The van der Waals surface area contributed by atoms with Gasteiger partial charge in [-0.2, -0.15) is 0 Å². The van der Waals surface area contributed by atoms with E-state index in [1.807, 2.05) is 20.8 Å². The monoisotopic (exact) mass is 452 g/mol. The first-order chi connectivity index (χ1) is 15.0. The van der Waals surface area contributed by atoms with E-state index in [-0.39, 0.29) is 23.7 Å². The third kappa shape index (κ3) is 6.35. The third-order valence-corrected chi connectivity index (χ3v) is 6.28. The molecule has 10 heteroatoms. The highest BCUT2D eigenvalue weighted by Crippen LogP contribution is 2.28. The van der Waals surface area contributed by atoms with Crippen molar-refractivity contribution >= 4 is 17.8 Å². The largest absolute Gasteiger partial charge is 0.469 e. The Bertz CT molecular complexity index is 712. The second-order valence-corrected chi connectivity index (χ2v) is 9.80. The Balaban J connectivity index is 2.07. The van der Waals surface area contributed by atoms with Gasteiger partial charge < -0.3 is 25.7 Å². The zero-order chi connectivity index (χ0) is 24.1. The van der Waals surface area contributed by atoms with E-state index < -0.39 is 17.5 Å². The van der Waals surface area contributed by atoms with Crippen molar-refractivity contribution in [2.75, 3.05) is 40.3 Å². The Labute approximate surface area is 191 Å². The molecule has 0 bridgehead atoms. The van der Waals surface area contributed by atoms with Crippen LogP contribution in [0.5, 0.6) is 0 Å². The molecule has 0 unspecified atom stereocenters. The summed E-state index contributed by atoms with van der Waals surface area (Å²) >= 11 is 0. The molecule has 0 aromatic carbocycles. The number of hydrogen-bond acceptors (Lipinski definition) is 8. The predicted octanol–water partition coefficient (Wildman–Crippen LogP) is -0.00110. The van der Waals surface area contributed by atoms with E-state index in [4.69, 9.17) is 16.3 Å². The number of hydrogen-bond donors (Lipinski definition) is 3. The summed E-state index contributed by atoms with van der Waals surface area (Å²) in [4.78, 5) is 41.2. The number of ether oxygens (including phenoxy) is 1. The minimum atomic E-state index is -0.670. The molecule has 2 saturated heterocycles. The van der Waals surface area contributed by atoms with Gasteiger partial charge in [-0.15, -0.1) is 0 Å². The minimum Gasteiger partial charge on any atom is -0.469 e. The maximum atomic E-state index is 13.5. The van der Waals surface area contributed by atoms with Gasteiger partial charge >= 0.3 is 5.97 Å². The molecule has 2 rings (SSSR count). The number of rotatable bonds is 7. The zero-order valence-corrected chi connectivity index (χ0v) is 20.1. The quantitative estimate of drug-likeness (QED) is 0.279. The van der Waals surface area contributed by atoms with Gasteiger partial charge in [-0.25, -0.2) is 5.84 Å². The van der Waals surface area contributed by atoms with E-state index in [1.54, 1.807) is 18.1 Å². The van der Waals surface area contributed by atoms with Crippen LogP contribution in [-0.4, -0.2) is 85.0 Å². The van der Waals surface area contributed by atoms with Crippen molar-refractivity contribution in [3.05, 3.63) is 11.9 Å². The van der Waals surface area contributed by atoms with Gasteiger partial charge in [0.2, 0.25) is 11.8 Å². The first-order valence-corrected chi connectivity index (χ1v) is 11.3. The van der Waals surface area contributed by atoms with Gasteiger partial charge in [0.25, 0.3) is 0 Å². The number of likely N-dealkylation sites (N-methyl/N-ethyl adjacent to an activating group) is 1. The van der Waals surface area contributed by atoms with Crippen molar-refractivity contribution in [2.24, 2.45) is 22.9 Å². The molecule has 2 atom stereocenters. The summed E-state index contributed by atoms with van der Waals surface area (Å²) < 4.78 is 4.83. The highest BCUT2D eigenvalue weighted by Gasteiger charge is 2.42. The van der Waals surface area contributed by atoms with Crippen LogP contribution in [0.2, 0.25) is 0 Å². The van der Waals surface area contributed by atoms with Crippen molar-refractivity contribution in [2.45, 2.75) is 58.5 Å². The Kier molecular flexibility index (Phi) is 8.91. The highest BCUT2D eigenvalue weighted by molar-refractivity contribution is 5.90. The zero-order valence-electron chi connectivity index (χ0n) is 20.1. The van der Waals surface area contributed by atoms with Gasteiger partial charge in [0.15, 0.2) is 0 Å². The van der Waals surface area contributed by atoms with Crippen LogP contribution in [0.25, 0.3) is 0 Å². The van der Waals surface area contributed by atoms with E-state index in [1.165, 1.54) is 12.1 Å². The molecular formula is C22H40N6O4. The van der Waals surface area contributed by atoms with E-state index in [9.17, 15) is 14.4 Å². The van der Waals surface area contributed by atoms with Crippen LogP contribution in [-0.2, 0) is 19.1 Å². The second kappa shape index (κ2) is 11.0. The van der Waals surface area contributed by atoms with Crippen LogP contribution < -0.4 is 16.9 Å². The molecule has 0 spiro atoms. The number of nitrogens with zero attached hydrogens (tertiary/aromatic N) is 3. The lowest BCUT2D eigenvalue weighted by atomic mass is 9.85. The Morgan fingerprint density at radius 3 is 2.34 bits per heavy atom.